The molecule has 2 aromatic rings. The van der Waals surface area contributed by atoms with Crippen molar-refractivity contribution >= 4 is 0 Å². The van der Waals surface area contributed by atoms with E-state index >= 15 is 0 Å². The molecular weight excluding hydrogens is 186 g/mol. The first-order valence-corrected chi connectivity index (χ1v) is 5.03. The van der Waals surface area contributed by atoms with Gasteiger partial charge in [-0.2, -0.15) is 5.10 Å². The first-order chi connectivity index (χ1) is 7.33. The quantitative estimate of drug-likeness (QED) is 0.819. The molecule has 78 valence electrons. The molecule has 0 aliphatic carbocycles. The Balaban J connectivity index is 2.37. The van der Waals surface area contributed by atoms with Crippen molar-refractivity contribution in [3.8, 4) is 0 Å². The topological polar surface area (TPSA) is 29.9 Å². The van der Waals surface area contributed by atoms with E-state index in [1.807, 2.05) is 37.1 Å². The minimum Gasteiger partial charge on any atom is -0.308 e. The van der Waals surface area contributed by atoms with E-state index in [9.17, 15) is 0 Å². The molecule has 0 amide bonds. The predicted molar refractivity (Wildman–Crippen MR) is 60.6 cm³/mol. The highest BCUT2D eigenvalue weighted by atomic mass is 15.3. The molecule has 1 atom stereocenters. The lowest BCUT2D eigenvalue weighted by molar-refractivity contribution is 0.606. The summed E-state index contributed by atoms with van der Waals surface area (Å²) in [7, 11) is 3.92. The van der Waals surface area contributed by atoms with Gasteiger partial charge in [0.25, 0.3) is 0 Å². The van der Waals surface area contributed by atoms with Gasteiger partial charge in [0.15, 0.2) is 0 Å². The molecule has 0 aliphatic rings. The molecule has 1 unspecified atom stereocenters. The fourth-order valence-corrected chi connectivity index (χ4v) is 1.80. The van der Waals surface area contributed by atoms with E-state index in [-0.39, 0.29) is 6.04 Å². The molecule has 15 heavy (non-hydrogen) atoms. The maximum Gasteiger partial charge on any atom is 0.0745 e. The maximum atomic E-state index is 4.19. The Bertz CT molecular complexity index is 419. The average Bonchev–Trinajstić information content (AvgIpc) is 2.68. The van der Waals surface area contributed by atoms with Crippen LogP contribution < -0.4 is 5.32 Å². The summed E-state index contributed by atoms with van der Waals surface area (Å²) in [6.45, 7) is 0. The van der Waals surface area contributed by atoms with E-state index in [0.717, 1.165) is 0 Å². The van der Waals surface area contributed by atoms with Gasteiger partial charge in [0.05, 0.1) is 11.7 Å². The fraction of sp³-hybridized carbons (Fsp3) is 0.250. The number of nitrogens with zero attached hydrogens (tertiary/aromatic N) is 2. The third kappa shape index (κ3) is 1.92. The number of nitrogens with one attached hydrogen (secondary N) is 1. The number of hydrogen-bond donors (Lipinski definition) is 1. The van der Waals surface area contributed by atoms with Gasteiger partial charge in [-0.25, -0.2) is 0 Å². The molecule has 0 spiro atoms. The van der Waals surface area contributed by atoms with E-state index in [1.54, 1.807) is 0 Å². The van der Waals surface area contributed by atoms with Gasteiger partial charge >= 0.3 is 0 Å². The average molecular weight is 201 g/mol. The molecule has 1 heterocycles. The molecule has 1 aromatic heterocycles. The highest BCUT2D eigenvalue weighted by molar-refractivity contribution is 5.27. The Hall–Kier alpha value is -1.61. The van der Waals surface area contributed by atoms with Crippen LogP contribution in [0, 0.1) is 0 Å². The maximum absolute atomic E-state index is 4.19. The smallest absolute Gasteiger partial charge is 0.0745 e. The van der Waals surface area contributed by atoms with Crippen LogP contribution in [0.4, 0.5) is 0 Å². The Morgan fingerprint density at radius 3 is 2.47 bits per heavy atom. The molecule has 3 nitrogen and oxygen atoms in total. The molecule has 0 saturated carbocycles. The summed E-state index contributed by atoms with van der Waals surface area (Å²) in [5.74, 6) is 0. The minimum atomic E-state index is 0.207. The summed E-state index contributed by atoms with van der Waals surface area (Å²) in [6.07, 6.45) is 1.82. The zero-order valence-electron chi connectivity index (χ0n) is 9.01. The van der Waals surface area contributed by atoms with Crippen molar-refractivity contribution < 1.29 is 0 Å². The fourth-order valence-electron chi connectivity index (χ4n) is 1.80. The normalized spacial score (nSPS) is 12.7. The molecule has 0 fully saturated rings. The molecule has 0 radical (unpaired) electrons. The zero-order chi connectivity index (χ0) is 10.7. The largest absolute Gasteiger partial charge is 0.308 e. The SMILES string of the molecule is CNC(c1ccccc1)c1ccnn1C. The summed E-state index contributed by atoms with van der Waals surface area (Å²) in [5, 5.41) is 7.49. The first-order valence-electron chi connectivity index (χ1n) is 5.03. The van der Waals surface area contributed by atoms with Crippen molar-refractivity contribution in [1.82, 2.24) is 15.1 Å². The van der Waals surface area contributed by atoms with E-state index in [2.05, 4.69) is 34.7 Å². The summed E-state index contributed by atoms with van der Waals surface area (Å²) in [5.41, 5.74) is 2.42. The number of hydrogen-bond acceptors (Lipinski definition) is 2. The molecule has 0 saturated heterocycles. The second-order valence-corrected chi connectivity index (χ2v) is 3.51. The van der Waals surface area contributed by atoms with E-state index in [0.29, 0.717) is 0 Å². The molecular formula is C12H15N3. The van der Waals surface area contributed by atoms with Crippen molar-refractivity contribution in [3.05, 3.63) is 53.9 Å². The molecule has 1 N–H and O–H groups in total. The molecule has 3 heteroatoms. The minimum absolute atomic E-state index is 0.207. The van der Waals surface area contributed by atoms with Crippen LogP contribution in [-0.2, 0) is 7.05 Å². The lowest BCUT2D eigenvalue weighted by Crippen LogP contribution is -2.20. The number of benzene rings is 1. The van der Waals surface area contributed by atoms with Crippen LogP contribution in [0.2, 0.25) is 0 Å². The number of aryl methyl sites for hydroxylation is 1. The van der Waals surface area contributed by atoms with Crippen LogP contribution in [0.15, 0.2) is 42.6 Å². The van der Waals surface area contributed by atoms with Gasteiger partial charge in [0.1, 0.15) is 0 Å². The van der Waals surface area contributed by atoms with Crippen LogP contribution in [0.1, 0.15) is 17.3 Å². The van der Waals surface area contributed by atoms with Crippen LogP contribution in [0.25, 0.3) is 0 Å². The second kappa shape index (κ2) is 4.28. The van der Waals surface area contributed by atoms with Gasteiger partial charge in [-0.05, 0) is 18.7 Å². The van der Waals surface area contributed by atoms with Gasteiger partial charge in [0, 0.05) is 13.2 Å². The summed E-state index contributed by atoms with van der Waals surface area (Å²) in [4.78, 5) is 0. The molecule has 2 rings (SSSR count). The van der Waals surface area contributed by atoms with Gasteiger partial charge in [0.2, 0.25) is 0 Å². The Kier molecular flexibility index (Phi) is 2.83. The standard InChI is InChI=1S/C12H15N3/c1-13-12(10-6-4-3-5-7-10)11-8-9-14-15(11)2/h3-9,12-13H,1-2H3. The summed E-state index contributed by atoms with van der Waals surface area (Å²) < 4.78 is 1.90. The molecule has 1 aromatic carbocycles. The van der Waals surface area contributed by atoms with Crippen LogP contribution >= 0.6 is 0 Å². The number of aromatic nitrogens is 2. The van der Waals surface area contributed by atoms with Crippen LogP contribution in [0.5, 0.6) is 0 Å². The Labute approximate surface area is 89.7 Å². The Morgan fingerprint density at radius 1 is 1.20 bits per heavy atom. The van der Waals surface area contributed by atoms with E-state index < -0.39 is 0 Å². The second-order valence-electron chi connectivity index (χ2n) is 3.51. The van der Waals surface area contributed by atoms with Crippen molar-refractivity contribution in [2.75, 3.05) is 7.05 Å². The highest BCUT2D eigenvalue weighted by Crippen LogP contribution is 2.20. The van der Waals surface area contributed by atoms with Gasteiger partial charge in [-0.1, -0.05) is 30.3 Å². The van der Waals surface area contributed by atoms with Crippen LogP contribution in [0.3, 0.4) is 0 Å². The van der Waals surface area contributed by atoms with Crippen molar-refractivity contribution in [1.29, 1.82) is 0 Å². The first kappa shape index (κ1) is 9.93. The van der Waals surface area contributed by atoms with Gasteiger partial charge in [-0.3, -0.25) is 4.68 Å². The third-order valence-corrected chi connectivity index (χ3v) is 2.58. The van der Waals surface area contributed by atoms with Crippen LogP contribution in [-0.4, -0.2) is 16.8 Å². The lowest BCUT2D eigenvalue weighted by Gasteiger charge is -2.16. The predicted octanol–water partition coefficient (Wildman–Crippen LogP) is 1.73. The number of rotatable bonds is 3. The van der Waals surface area contributed by atoms with Crippen molar-refractivity contribution in [3.63, 3.8) is 0 Å². The summed E-state index contributed by atoms with van der Waals surface area (Å²) in [6, 6.07) is 12.6. The Morgan fingerprint density at radius 2 is 1.93 bits per heavy atom. The molecule has 0 bridgehead atoms. The summed E-state index contributed by atoms with van der Waals surface area (Å²) >= 11 is 0. The van der Waals surface area contributed by atoms with E-state index in [1.165, 1.54) is 11.3 Å². The zero-order valence-corrected chi connectivity index (χ0v) is 9.01. The van der Waals surface area contributed by atoms with Gasteiger partial charge in [-0.15, -0.1) is 0 Å². The monoisotopic (exact) mass is 201 g/mol. The third-order valence-electron chi connectivity index (χ3n) is 2.58. The van der Waals surface area contributed by atoms with E-state index in [4.69, 9.17) is 0 Å². The van der Waals surface area contributed by atoms with Gasteiger partial charge < -0.3 is 5.32 Å². The lowest BCUT2D eigenvalue weighted by atomic mass is 10.0. The molecule has 0 aliphatic heterocycles. The van der Waals surface area contributed by atoms with Crippen molar-refractivity contribution in [2.24, 2.45) is 7.05 Å². The van der Waals surface area contributed by atoms with Crippen molar-refractivity contribution in [2.45, 2.75) is 6.04 Å². The highest BCUT2D eigenvalue weighted by Gasteiger charge is 2.14.